The van der Waals surface area contributed by atoms with E-state index in [0.717, 1.165) is 0 Å². The van der Waals surface area contributed by atoms with Gasteiger partial charge in [-0.3, -0.25) is 18.3 Å². The highest BCUT2D eigenvalue weighted by Gasteiger charge is 2.19. The molecule has 0 amide bonds. The number of hydrogen-bond acceptors (Lipinski definition) is 4. The molecule has 0 heterocycles. The first-order valence-electron chi connectivity index (χ1n) is 5.71. The Morgan fingerprint density at radius 2 is 0.333 bits per heavy atom. The van der Waals surface area contributed by atoms with Crippen LogP contribution in [0.3, 0.4) is 0 Å². The molecule has 0 aliphatic rings. The molecule has 0 rings (SSSR count). The highest BCUT2D eigenvalue weighted by Crippen LogP contribution is 2.77. The molecule has 0 saturated heterocycles. The Morgan fingerprint density at radius 1 is 0.250 bits per heavy atom. The van der Waals surface area contributed by atoms with Gasteiger partial charge in [0.1, 0.15) is 0 Å². The molecule has 8 nitrogen and oxygen atoms in total. The summed E-state index contributed by atoms with van der Waals surface area (Å²) in [5.41, 5.74) is 0. The molecule has 0 spiro atoms. The third-order valence-corrected chi connectivity index (χ3v) is 19.6. The monoisotopic (exact) mass is 1070 g/mol. The van der Waals surface area contributed by atoms with Crippen LogP contribution in [0, 0.1) is 0 Å². The van der Waals surface area contributed by atoms with Crippen LogP contribution >= 0.6 is 269 Å². The van der Waals surface area contributed by atoms with E-state index in [9.17, 15) is 18.3 Å². The summed E-state index contributed by atoms with van der Waals surface area (Å²) in [5.74, 6) is -14.3. The largest absolute Gasteiger partial charge is 0.365 e. The zero-order chi connectivity index (χ0) is 30.8. The van der Waals surface area contributed by atoms with Crippen LogP contribution in [0.4, 0.5) is 0 Å². The maximum atomic E-state index is 10.4. The van der Waals surface area contributed by atoms with Crippen LogP contribution in [-0.2, 0) is 18.3 Å². The lowest BCUT2D eigenvalue weighted by Crippen LogP contribution is -1.43. The topological polar surface area (TPSA) is 118 Å². The second-order valence-corrected chi connectivity index (χ2v) is 50.4. The Hall–Kier alpha value is 7.64. The van der Waals surface area contributed by atoms with Gasteiger partial charge in [-0.05, 0) is 225 Å². The lowest BCUT2D eigenvalue weighted by molar-refractivity contribution is 0.593. The molecule has 224 valence electrons. The van der Waals surface area contributed by atoms with Crippen LogP contribution in [0.5, 0.6) is 0 Å². The van der Waals surface area contributed by atoms with Gasteiger partial charge in [0, 0.05) is 0 Å². The third-order valence-electron chi connectivity index (χ3n) is 0.822. The van der Waals surface area contributed by atoms with Crippen molar-refractivity contribution in [2.45, 2.75) is 0 Å². The van der Waals surface area contributed by atoms with Crippen LogP contribution in [0.15, 0.2) is 18.1 Å². The van der Waals surface area contributed by atoms with Crippen molar-refractivity contribution in [2.75, 3.05) is 0 Å². The van der Waals surface area contributed by atoms with Crippen LogP contribution in [0.2, 0.25) is 0 Å². The molecule has 0 fully saturated rings. The Morgan fingerprint density at radius 3 is 0.333 bits per heavy atom. The fraction of sp³-hybridized carbons (Fsp3) is 0. The Labute approximate surface area is 301 Å². The molecule has 0 N–H and O–H groups in total. The van der Waals surface area contributed by atoms with Gasteiger partial charge in [0.25, 0.3) is 0 Å². The van der Waals surface area contributed by atoms with Gasteiger partial charge < -0.3 is 0 Å². The maximum absolute atomic E-state index is 10.4. The Bertz CT molecular complexity index is 883. The summed E-state index contributed by atoms with van der Waals surface area (Å²) < 4.78 is 53.6. The summed E-state index contributed by atoms with van der Waals surface area (Å²) in [7, 11) is 0. The fourth-order valence-corrected chi connectivity index (χ4v) is 29.3. The molecule has 0 aliphatic carbocycles. The summed E-state index contributed by atoms with van der Waals surface area (Å²) in [6.45, 7) is 0. The van der Waals surface area contributed by atoms with Crippen LogP contribution in [0.1, 0.15) is 0 Å². The van der Waals surface area contributed by atoms with Crippen LogP contribution < -0.4 is 0 Å². The van der Waals surface area contributed by atoms with E-state index in [1.54, 1.807) is 0 Å². The van der Waals surface area contributed by atoms with Gasteiger partial charge >= 0.3 is 24.0 Å². The van der Waals surface area contributed by atoms with Gasteiger partial charge in [-0.2, -0.15) is 18.1 Å². The molecule has 0 unspecified atom stereocenters. The molecule has 36 heavy (non-hydrogen) atoms. The van der Waals surface area contributed by atoms with Gasteiger partial charge in [0.15, 0.2) is 0 Å². The fourth-order valence-electron chi connectivity index (χ4n) is 0.472. The molecule has 0 aromatic rings. The Balaban J connectivity index is -0.000000190. The van der Waals surface area contributed by atoms with E-state index < -0.39 is 44.4 Å². The van der Waals surface area contributed by atoms with E-state index in [4.69, 9.17) is 225 Å². The molecular formula is Cl20N4O4P8. The zero-order valence-corrected chi connectivity index (χ0v) is 36.8. The van der Waals surface area contributed by atoms with E-state index in [0.29, 0.717) is 0 Å². The van der Waals surface area contributed by atoms with Gasteiger partial charge in [-0.25, -0.2) is 0 Å². The van der Waals surface area contributed by atoms with E-state index in [1.807, 2.05) is 0 Å². The predicted molar refractivity (Wildman–Crippen MR) is 185 cm³/mol. The van der Waals surface area contributed by atoms with Gasteiger partial charge in [-0.1, -0.05) is 0 Å². The summed E-state index contributed by atoms with van der Waals surface area (Å²) >= 11 is 101. The normalized spacial score (nSPS) is 13.4. The number of hydrogen-bond donors (Lipinski definition) is 0. The van der Waals surface area contributed by atoms with Crippen molar-refractivity contribution in [3.05, 3.63) is 0 Å². The zero-order valence-electron chi connectivity index (χ0n) is 14.6. The second kappa shape index (κ2) is 20.8. The summed E-state index contributed by atoms with van der Waals surface area (Å²) in [6, 6.07) is 0. The molecule has 0 aromatic carbocycles. The first-order valence-corrected chi connectivity index (χ1v) is 37.4. The smallest absolute Gasteiger partial charge is 0.262 e. The van der Waals surface area contributed by atoms with Crippen molar-refractivity contribution < 1.29 is 18.3 Å². The minimum Gasteiger partial charge on any atom is -0.262 e. The minimum atomic E-state index is -3.56. The van der Waals surface area contributed by atoms with Gasteiger partial charge in [-0.15, -0.1) is 0 Å². The average Bonchev–Trinajstić information content (AvgIpc) is 2.19. The minimum absolute atomic E-state index is 3.02. The molecule has 0 aliphatic heterocycles. The van der Waals surface area contributed by atoms with E-state index in [2.05, 4.69) is 18.1 Å². The number of rotatable bonds is 4. The lowest BCUT2D eigenvalue weighted by atomic mass is 13.9. The van der Waals surface area contributed by atoms with Gasteiger partial charge in [0.05, 0.1) is 0 Å². The first-order chi connectivity index (χ1) is 14.8. The van der Waals surface area contributed by atoms with Crippen molar-refractivity contribution >= 4 is 269 Å². The molecule has 0 radical (unpaired) electrons. The average molecular weight is 1080 g/mol. The SMILES string of the molecule is O=P(Cl)(Cl)N=P(Cl)(Cl)Cl.O=P(Cl)(Cl)N=P(Cl)(Cl)Cl.O=P(Cl)(Cl)N=P(Cl)(Cl)Cl.O=P(Cl)(Cl)N=P(Cl)(Cl)Cl. The third kappa shape index (κ3) is 68.7. The van der Waals surface area contributed by atoms with Crippen molar-refractivity contribution in [2.24, 2.45) is 18.1 Å². The predicted octanol–water partition coefficient (Wildman–Crippen LogP) is 20.9. The highest BCUT2D eigenvalue weighted by atomic mass is 36.1. The van der Waals surface area contributed by atoms with Crippen LogP contribution in [-0.4, -0.2) is 0 Å². The standard InChI is InChI=1S/4Cl5NOP2/c4*1-8(2,3)6-9(4,5)7. The summed E-state index contributed by atoms with van der Waals surface area (Å²) in [4.78, 5) is 0. The van der Waals surface area contributed by atoms with Crippen LogP contribution in [0.25, 0.3) is 0 Å². The molecule has 0 bridgehead atoms. The summed E-state index contributed by atoms with van der Waals surface area (Å²) in [5, 5.41) is -12.1. The molecule has 0 saturated carbocycles. The van der Waals surface area contributed by atoms with E-state index >= 15 is 0 Å². The molecule has 0 atom stereocenters. The van der Waals surface area contributed by atoms with Crippen molar-refractivity contribution in [3.8, 4) is 0 Å². The summed E-state index contributed by atoms with van der Waals surface area (Å²) in [6.07, 6.45) is 0. The van der Waals surface area contributed by atoms with Crippen molar-refractivity contribution in [1.29, 1.82) is 0 Å². The molecule has 36 heteroatoms. The highest BCUT2D eigenvalue weighted by molar-refractivity contribution is 8.31. The number of halogens is 20. The Kier molecular flexibility index (Phi) is 29.2. The second-order valence-electron chi connectivity index (χ2n) is 3.77. The lowest BCUT2D eigenvalue weighted by Gasteiger charge is -1.96. The number of nitrogens with zero attached hydrogens (tertiary/aromatic N) is 4. The first kappa shape index (κ1) is 50.5. The van der Waals surface area contributed by atoms with Gasteiger partial charge in [0.2, 0.25) is 20.4 Å². The van der Waals surface area contributed by atoms with E-state index in [1.165, 1.54) is 0 Å². The quantitative estimate of drug-likeness (QED) is 0.261. The molecular weight excluding hydrogens is 1080 g/mol. The van der Waals surface area contributed by atoms with Crippen molar-refractivity contribution in [3.63, 3.8) is 0 Å². The van der Waals surface area contributed by atoms with E-state index in [-0.39, 0.29) is 0 Å². The molecule has 0 aromatic heterocycles. The maximum Gasteiger partial charge on any atom is 0.365 e. The van der Waals surface area contributed by atoms with Crippen molar-refractivity contribution in [1.82, 2.24) is 0 Å².